The van der Waals surface area contributed by atoms with Gasteiger partial charge >= 0.3 is 5.97 Å². The molecule has 1 aromatic carbocycles. The summed E-state index contributed by atoms with van der Waals surface area (Å²) >= 11 is 0. The van der Waals surface area contributed by atoms with Crippen molar-refractivity contribution >= 4 is 5.97 Å². The molecule has 3 heteroatoms. The Hall–Kier alpha value is -1.35. The Bertz CT molecular complexity index is 297. The number of hydrogen-bond acceptors (Lipinski definition) is 3. The van der Waals surface area contributed by atoms with Crippen molar-refractivity contribution in [3.63, 3.8) is 0 Å². The van der Waals surface area contributed by atoms with Crippen molar-refractivity contribution in [2.45, 2.75) is 13.0 Å². The van der Waals surface area contributed by atoms with E-state index in [0.29, 0.717) is 0 Å². The van der Waals surface area contributed by atoms with Gasteiger partial charge in [0.05, 0.1) is 13.0 Å². The van der Waals surface area contributed by atoms with Crippen molar-refractivity contribution in [1.82, 2.24) is 0 Å². The summed E-state index contributed by atoms with van der Waals surface area (Å²) in [7, 11) is 1.37. The molecule has 3 nitrogen and oxygen atoms in total. The molecule has 0 aliphatic carbocycles. The van der Waals surface area contributed by atoms with Crippen molar-refractivity contribution in [3.05, 3.63) is 35.9 Å². The molecule has 2 N–H and O–H groups in total. The van der Waals surface area contributed by atoms with Gasteiger partial charge in [-0.1, -0.05) is 37.3 Å². The van der Waals surface area contributed by atoms with Crippen LogP contribution in [-0.2, 0) is 9.53 Å². The Morgan fingerprint density at radius 1 is 1.36 bits per heavy atom. The molecule has 0 unspecified atom stereocenters. The topological polar surface area (TPSA) is 52.3 Å². The van der Waals surface area contributed by atoms with Crippen LogP contribution in [0.5, 0.6) is 0 Å². The van der Waals surface area contributed by atoms with Gasteiger partial charge in [-0.3, -0.25) is 4.79 Å². The molecule has 0 saturated carbocycles. The number of nitrogens with two attached hydrogens (primary N) is 1. The lowest BCUT2D eigenvalue weighted by molar-refractivity contribution is -0.145. The normalized spacial score (nSPS) is 14.5. The van der Waals surface area contributed by atoms with Crippen LogP contribution in [0.15, 0.2) is 30.3 Å². The smallest absolute Gasteiger partial charge is 0.310 e. The fraction of sp³-hybridized carbons (Fsp3) is 0.364. The molecule has 14 heavy (non-hydrogen) atoms. The fourth-order valence-corrected chi connectivity index (χ4v) is 1.30. The standard InChI is InChI=1S/C11H15NO2/c1-8(11(13)14-2)10(12)9-6-4-3-5-7-9/h3-8,10H,12H2,1-2H3/t8-,10+/m1/s1. The maximum absolute atomic E-state index is 11.2. The fourth-order valence-electron chi connectivity index (χ4n) is 1.30. The van der Waals surface area contributed by atoms with E-state index >= 15 is 0 Å². The summed E-state index contributed by atoms with van der Waals surface area (Å²) in [5, 5.41) is 0. The van der Waals surface area contributed by atoms with Crippen molar-refractivity contribution in [2.75, 3.05) is 7.11 Å². The molecule has 0 heterocycles. The molecule has 76 valence electrons. The third-order valence-corrected chi connectivity index (χ3v) is 2.30. The number of rotatable bonds is 3. The van der Waals surface area contributed by atoms with Crippen LogP contribution in [0.25, 0.3) is 0 Å². The zero-order valence-electron chi connectivity index (χ0n) is 8.44. The minimum Gasteiger partial charge on any atom is -0.469 e. The molecule has 0 spiro atoms. The van der Waals surface area contributed by atoms with E-state index in [1.807, 2.05) is 30.3 Å². The highest BCUT2D eigenvalue weighted by atomic mass is 16.5. The lowest BCUT2D eigenvalue weighted by atomic mass is 9.96. The van der Waals surface area contributed by atoms with E-state index < -0.39 is 0 Å². The summed E-state index contributed by atoms with van der Waals surface area (Å²) in [5.74, 6) is -0.594. The van der Waals surface area contributed by atoms with Crippen LogP contribution >= 0.6 is 0 Å². The number of carbonyl (C=O) groups is 1. The van der Waals surface area contributed by atoms with E-state index in [1.54, 1.807) is 6.92 Å². The van der Waals surface area contributed by atoms with E-state index in [0.717, 1.165) is 5.56 Å². The van der Waals surface area contributed by atoms with Gasteiger partial charge in [0.15, 0.2) is 0 Å². The molecule has 0 aliphatic rings. The molecule has 0 saturated heterocycles. The van der Waals surface area contributed by atoms with Crippen molar-refractivity contribution < 1.29 is 9.53 Å². The molecule has 0 aliphatic heterocycles. The summed E-state index contributed by atoms with van der Waals surface area (Å²) < 4.78 is 4.64. The molecule has 1 aromatic rings. The van der Waals surface area contributed by atoms with Crippen LogP contribution in [0.4, 0.5) is 0 Å². The van der Waals surface area contributed by atoms with Gasteiger partial charge in [-0.2, -0.15) is 0 Å². The molecule has 0 fully saturated rings. The summed E-state index contributed by atoms with van der Waals surface area (Å²) in [5.41, 5.74) is 6.86. The Morgan fingerprint density at radius 2 is 1.93 bits per heavy atom. The third kappa shape index (κ3) is 2.33. The van der Waals surface area contributed by atoms with Crippen molar-refractivity contribution in [2.24, 2.45) is 11.7 Å². The molecular formula is C11H15NO2. The molecule has 2 atom stereocenters. The van der Waals surface area contributed by atoms with Crippen LogP contribution in [0.3, 0.4) is 0 Å². The SMILES string of the molecule is COC(=O)[C@H](C)[C@H](N)c1ccccc1. The zero-order chi connectivity index (χ0) is 10.6. The quantitative estimate of drug-likeness (QED) is 0.740. The lowest BCUT2D eigenvalue weighted by Gasteiger charge is -2.17. The Kier molecular flexibility index (Phi) is 3.65. The van der Waals surface area contributed by atoms with E-state index in [2.05, 4.69) is 4.74 Å². The average molecular weight is 193 g/mol. The van der Waals surface area contributed by atoms with Gasteiger partial charge in [-0.15, -0.1) is 0 Å². The highest BCUT2D eigenvalue weighted by Crippen LogP contribution is 2.19. The average Bonchev–Trinajstić information content (AvgIpc) is 2.27. The molecule has 0 radical (unpaired) electrons. The molecular weight excluding hydrogens is 178 g/mol. The summed E-state index contributed by atoms with van der Waals surface area (Å²) in [6, 6.07) is 9.23. The number of benzene rings is 1. The first-order chi connectivity index (χ1) is 6.66. The van der Waals surface area contributed by atoms with E-state index in [-0.39, 0.29) is 17.9 Å². The predicted molar refractivity (Wildman–Crippen MR) is 54.6 cm³/mol. The molecule has 1 rings (SSSR count). The zero-order valence-corrected chi connectivity index (χ0v) is 8.44. The van der Waals surface area contributed by atoms with Gasteiger partial charge in [-0.05, 0) is 5.56 Å². The molecule has 0 aromatic heterocycles. The second kappa shape index (κ2) is 4.77. The molecule has 0 bridgehead atoms. The number of hydrogen-bond donors (Lipinski definition) is 1. The van der Waals surface area contributed by atoms with Gasteiger partial charge in [0.2, 0.25) is 0 Å². The van der Waals surface area contributed by atoms with E-state index in [9.17, 15) is 4.79 Å². The van der Waals surface area contributed by atoms with Gasteiger partial charge in [0, 0.05) is 6.04 Å². The summed E-state index contributed by atoms with van der Waals surface area (Å²) in [6.45, 7) is 1.77. The maximum Gasteiger partial charge on any atom is 0.310 e. The highest BCUT2D eigenvalue weighted by Gasteiger charge is 2.22. The third-order valence-electron chi connectivity index (χ3n) is 2.30. The number of ether oxygens (including phenoxy) is 1. The van der Waals surface area contributed by atoms with Gasteiger partial charge in [0.1, 0.15) is 0 Å². The van der Waals surface area contributed by atoms with E-state index in [4.69, 9.17) is 5.73 Å². The lowest BCUT2D eigenvalue weighted by Crippen LogP contribution is -2.26. The monoisotopic (exact) mass is 193 g/mol. The Balaban J connectivity index is 2.75. The number of carbonyl (C=O) groups excluding carboxylic acids is 1. The number of esters is 1. The van der Waals surface area contributed by atoms with Crippen LogP contribution in [0.2, 0.25) is 0 Å². The Morgan fingerprint density at radius 3 is 2.43 bits per heavy atom. The number of methoxy groups -OCH3 is 1. The molecule has 0 amide bonds. The first kappa shape index (κ1) is 10.7. The van der Waals surface area contributed by atoms with Gasteiger partial charge < -0.3 is 10.5 Å². The highest BCUT2D eigenvalue weighted by molar-refractivity contribution is 5.73. The van der Waals surface area contributed by atoms with Crippen LogP contribution < -0.4 is 5.73 Å². The largest absolute Gasteiger partial charge is 0.469 e. The van der Waals surface area contributed by atoms with Gasteiger partial charge in [0.25, 0.3) is 0 Å². The van der Waals surface area contributed by atoms with Crippen LogP contribution in [0, 0.1) is 5.92 Å². The predicted octanol–water partition coefficient (Wildman–Crippen LogP) is 1.50. The maximum atomic E-state index is 11.2. The summed E-state index contributed by atoms with van der Waals surface area (Å²) in [4.78, 5) is 11.2. The first-order valence-corrected chi connectivity index (χ1v) is 4.55. The van der Waals surface area contributed by atoms with Crippen LogP contribution in [0.1, 0.15) is 18.5 Å². The van der Waals surface area contributed by atoms with E-state index in [1.165, 1.54) is 7.11 Å². The minimum atomic E-state index is -0.317. The van der Waals surface area contributed by atoms with Gasteiger partial charge in [-0.25, -0.2) is 0 Å². The minimum absolute atomic E-state index is 0.277. The van der Waals surface area contributed by atoms with Crippen molar-refractivity contribution in [3.8, 4) is 0 Å². The summed E-state index contributed by atoms with van der Waals surface area (Å²) in [6.07, 6.45) is 0. The second-order valence-electron chi connectivity index (χ2n) is 3.25. The van der Waals surface area contributed by atoms with Crippen LogP contribution in [-0.4, -0.2) is 13.1 Å². The Labute approximate surface area is 83.9 Å². The first-order valence-electron chi connectivity index (χ1n) is 4.55. The second-order valence-corrected chi connectivity index (χ2v) is 3.25. The van der Waals surface area contributed by atoms with Crippen molar-refractivity contribution in [1.29, 1.82) is 0 Å².